The van der Waals surface area contributed by atoms with Gasteiger partial charge in [-0.2, -0.15) is 18.3 Å². The quantitative estimate of drug-likeness (QED) is 0.580. The number of hydrogen-bond acceptors (Lipinski definition) is 5. The summed E-state index contributed by atoms with van der Waals surface area (Å²) in [7, 11) is 0. The summed E-state index contributed by atoms with van der Waals surface area (Å²) in [6.45, 7) is 1.50. The Hall–Kier alpha value is -2.53. The molecule has 1 heterocycles. The second kappa shape index (κ2) is 7.38. The number of halogens is 5. The number of hydrogen-bond donors (Lipinski definition) is 1. The van der Waals surface area contributed by atoms with Crippen LogP contribution in [0.15, 0.2) is 18.3 Å². The number of rotatable bonds is 4. The topological polar surface area (TPSA) is 99.3 Å². The molecule has 0 bridgehead atoms. The Morgan fingerprint density at radius 2 is 2.04 bits per heavy atom. The van der Waals surface area contributed by atoms with Crippen LogP contribution in [0.2, 0.25) is 10.0 Å². The van der Waals surface area contributed by atoms with Crippen molar-refractivity contribution < 1.29 is 27.6 Å². The Balaban J connectivity index is 2.60. The maximum atomic E-state index is 12.9. The van der Waals surface area contributed by atoms with Gasteiger partial charge in [-0.3, -0.25) is 15.4 Å². The van der Waals surface area contributed by atoms with Crippen LogP contribution in [-0.2, 0) is 10.9 Å². The van der Waals surface area contributed by atoms with Gasteiger partial charge >= 0.3 is 18.0 Å². The molecule has 2 rings (SSSR count). The first-order valence-corrected chi connectivity index (χ1v) is 7.55. The number of ether oxygens (including phenoxy) is 1. The van der Waals surface area contributed by atoms with E-state index in [0.717, 1.165) is 16.9 Å². The highest BCUT2D eigenvalue weighted by atomic mass is 35.5. The Kier molecular flexibility index (Phi) is 5.62. The van der Waals surface area contributed by atoms with Gasteiger partial charge in [0.05, 0.1) is 32.8 Å². The van der Waals surface area contributed by atoms with E-state index < -0.39 is 44.3 Å². The van der Waals surface area contributed by atoms with Gasteiger partial charge in [-0.1, -0.05) is 23.2 Å². The zero-order valence-electron chi connectivity index (χ0n) is 12.8. The molecule has 0 saturated heterocycles. The number of nitrogens with zero attached hydrogens (tertiary/aromatic N) is 3. The molecule has 13 heteroatoms. The second-order valence-corrected chi connectivity index (χ2v) is 5.41. The molecule has 0 atom stereocenters. The summed E-state index contributed by atoms with van der Waals surface area (Å²) in [5.41, 5.74) is -2.01. The molecule has 1 N–H and O–H groups in total. The molecule has 8 nitrogen and oxygen atoms in total. The minimum atomic E-state index is -4.75. The number of carbonyl (C=O) groups is 1. The maximum Gasteiger partial charge on any atom is 0.417 e. The van der Waals surface area contributed by atoms with E-state index in [1.165, 1.54) is 6.92 Å². The summed E-state index contributed by atoms with van der Waals surface area (Å²) in [6.07, 6.45) is -4.98. The van der Waals surface area contributed by atoms with E-state index in [9.17, 15) is 28.1 Å². The van der Waals surface area contributed by atoms with Crippen molar-refractivity contribution in [1.82, 2.24) is 9.78 Å². The number of nitrogens with one attached hydrogen (secondary N) is 1. The molecule has 0 aliphatic carbocycles. The average Bonchev–Trinajstić information content (AvgIpc) is 2.92. The molecular formula is C13H9Cl2F3N4O4. The van der Waals surface area contributed by atoms with Crippen LogP contribution in [0.4, 0.5) is 29.5 Å². The fraction of sp³-hybridized carbons (Fsp3) is 0.231. The molecule has 2 aromatic rings. The highest BCUT2D eigenvalue weighted by Gasteiger charge is 2.35. The fourth-order valence-corrected chi connectivity index (χ4v) is 2.47. The predicted octanol–water partition coefficient (Wildman–Crippen LogP) is 4.67. The van der Waals surface area contributed by atoms with Crippen molar-refractivity contribution in [3.05, 3.63) is 44.1 Å². The lowest BCUT2D eigenvalue weighted by Crippen LogP contribution is -2.17. The molecule has 1 aromatic carbocycles. The molecule has 0 aliphatic rings. The van der Waals surface area contributed by atoms with Crippen LogP contribution >= 0.6 is 23.2 Å². The molecule has 0 unspecified atom stereocenters. The molecule has 26 heavy (non-hydrogen) atoms. The van der Waals surface area contributed by atoms with Crippen LogP contribution in [0.3, 0.4) is 0 Å². The number of nitro groups is 1. The van der Waals surface area contributed by atoms with Crippen LogP contribution in [0.1, 0.15) is 12.5 Å². The van der Waals surface area contributed by atoms with Gasteiger partial charge in [-0.15, -0.1) is 0 Å². The second-order valence-electron chi connectivity index (χ2n) is 4.65. The van der Waals surface area contributed by atoms with E-state index in [0.29, 0.717) is 6.07 Å². The number of aromatic nitrogens is 2. The molecule has 0 radical (unpaired) electrons. The first kappa shape index (κ1) is 19.8. The van der Waals surface area contributed by atoms with Crippen LogP contribution in [0, 0.1) is 10.1 Å². The molecule has 0 aliphatic heterocycles. The van der Waals surface area contributed by atoms with Gasteiger partial charge in [-0.05, 0) is 19.1 Å². The van der Waals surface area contributed by atoms with Gasteiger partial charge in [0.2, 0.25) is 5.82 Å². The zero-order chi connectivity index (χ0) is 19.6. The zero-order valence-corrected chi connectivity index (χ0v) is 14.3. The standard InChI is InChI=1S/C13H9Cl2F3N4O4/c1-2-26-12(23)20-11-8(22(24)25)5-19-21(11)7-4-3-6(13(16,17)18)9(14)10(7)15/h3-5H,2H2,1H3,(H,20,23). The van der Waals surface area contributed by atoms with E-state index in [4.69, 9.17) is 23.2 Å². The summed E-state index contributed by atoms with van der Waals surface area (Å²) in [5, 5.41) is 15.5. The van der Waals surface area contributed by atoms with E-state index in [1.807, 2.05) is 0 Å². The summed E-state index contributed by atoms with van der Waals surface area (Å²) < 4.78 is 44.1. The highest BCUT2D eigenvalue weighted by Crippen LogP contribution is 2.41. The minimum Gasteiger partial charge on any atom is -0.450 e. The van der Waals surface area contributed by atoms with Crippen molar-refractivity contribution in [1.29, 1.82) is 0 Å². The largest absolute Gasteiger partial charge is 0.450 e. The van der Waals surface area contributed by atoms with E-state index in [1.54, 1.807) is 0 Å². The van der Waals surface area contributed by atoms with Gasteiger partial charge in [-0.25, -0.2) is 9.48 Å². The average molecular weight is 413 g/mol. The SMILES string of the molecule is CCOC(=O)Nc1c([N+](=O)[O-])cnn1-c1ccc(C(F)(F)F)c(Cl)c1Cl. The third-order valence-electron chi connectivity index (χ3n) is 3.04. The number of amides is 1. The summed E-state index contributed by atoms with van der Waals surface area (Å²) in [5.74, 6) is -0.453. The van der Waals surface area contributed by atoms with Crippen LogP contribution in [-0.4, -0.2) is 27.4 Å². The Bertz CT molecular complexity index is 870. The Morgan fingerprint density at radius 3 is 2.58 bits per heavy atom. The van der Waals surface area contributed by atoms with Crippen LogP contribution < -0.4 is 5.32 Å². The molecule has 0 saturated carbocycles. The van der Waals surface area contributed by atoms with Gasteiger partial charge in [0.1, 0.15) is 6.20 Å². The Morgan fingerprint density at radius 1 is 1.38 bits per heavy atom. The summed E-state index contributed by atoms with van der Waals surface area (Å²) >= 11 is 11.6. The van der Waals surface area contributed by atoms with Crippen LogP contribution in [0.5, 0.6) is 0 Å². The number of anilines is 1. The highest BCUT2D eigenvalue weighted by molar-refractivity contribution is 6.43. The first-order valence-electron chi connectivity index (χ1n) is 6.79. The Labute approximate surface area is 153 Å². The van der Waals surface area contributed by atoms with Crippen molar-refractivity contribution in [3.63, 3.8) is 0 Å². The first-order chi connectivity index (χ1) is 12.1. The van der Waals surface area contributed by atoms with Crippen molar-refractivity contribution in [3.8, 4) is 5.69 Å². The molecular weight excluding hydrogens is 404 g/mol. The number of alkyl halides is 3. The predicted molar refractivity (Wildman–Crippen MR) is 85.9 cm³/mol. The van der Waals surface area contributed by atoms with E-state index in [2.05, 4.69) is 15.2 Å². The molecule has 1 amide bonds. The van der Waals surface area contributed by atoms with E-state index in [-0.39, 0.29) is 12.3 Å². The van der Waals surface area contributed by atoms with Gasteiger partial charge in [0, 0.05) is 0 Å². The van der Waals surface area contributed by atoms with Crippen LogP contribution in [0.25, 0.3) is 5.69 Å². The normalized spacial score (nSPS) is 11.3. The minimum absolute atomic E-state index is 0.0133. The number of carbonyl (C=O) groups excluding carboxylic acids is 1. The third kappa shape index (κ3) is 3.83. The monoisotopic (exact) mass is 412 g/mol. The summed E-state index contributed by atoms with van der Waals surface area (Å²) in [6, 6.07) is 1.56. The smallest absolute Gasteiger partial charge is 0.417 e. The molecule has 0 spiro atoms. The third-order valence-corrected chi connectivity index (χ3v) is 3.91. The van der Waals surface area contributed by atoms with E-state index >= 15 is 0 Å². The molecule has 0 fully saturated rings. The van der Waals surface area contributed by atoms with Crippen molar-refractivity contribution in [2.24, 2.45) is 0 Å². The van der Waals surface area contributed by atoms with Gasteiger partial charge in [0.15, 0.2) is 0 Å². The lowest BCUT2D eigenvalue weighted by Gasteiger charge is -2.14. The lowest BCUT2D eigenvalue weighted by atomic mass is 10.2. The van der Waals surface area contributed by atoms with Gasteiger partial charge < -0.3 is 4.74 Å². The molecule has 1 aromatic heterocycles. The van der Waals surface area contributed by atoms with Crippen molar-refractivity contribution in [2.75, 3.05) is 11.9 Å². The lowest BCUT2D eigenvalue weighted by molar-refractivity contribution is -0.384. The fourth-order valence-electron chi connectivity index (χ4n) is 1.96. The summed E-state index contributed by atoms with van der Waals surface area (Å²) in [4.78, 5) is 21.9. The van der Waals surface area contributed by atoms with Crippen molar-refractivity contribution >= 4 is 40.8 Å². The van der Waals surface area contributed by atoms with Gasteiger partial charge in [0.25, 0.3) is 0 Å². The maximum absolute atomic E-state index is 12.9. The van der Waals surface area contributed by atoms with Crippen molar-refractivity contribution in [2.45, 2.75) is 13.1 Å². The number of benzene rings is 1. The molecule has 140 valence electrons.